The van der Waals surface area contributed by atoms with Gasteiger partial charge in [-0.2, -0.15) is 0 Å². The van der Waals surface area contributed by atoms with Crippen LogP contribution in [0, 0.1) is 0 Å². The summed E-state index contributed by atoms with van der Waals surface area (Å²) in [5.41, 5.74) is 0. The molecule has 0 saturated heterocycles. The van der Waals surface area contributed by atoms with Crippen LogP contribution in [0.15, 0.2) is 24.3 Å². The first-order chi connectivity index (χ1) is 34.0. The van der Waals surface area contributed by atoms with E-state index >= 15 is 0 Å². The zero-order chi connectivity index (χ0) is 50.0. The molecule has 0 aliphatic rings. The van der Waals surface area contributed by atoms with Crippen LogP contribution in [0.25, 0.3) is 0 Å². The van der Waals surface area contributed by atoms with Gasteiger partial charge >= 0.3 is 17.9 Å². The van der Waals surface area contributed by atoms with E-state index in [4.69, 9.17) is 14.2 Å². The molecule has 0 aliphatic heterocycles. The molecule has 406 valence electrons. The molecule has 0 amide bonds. The maximum absolute atomic E-state index is 12.9. The maximum Gasteiger partial charge on any atom is 0.306 e. The van der Waals surface area contributed by atoms with Gasteiger partial charge in [-0.25, -0.2) is 0 Å². The second-order valence-electron chi connectivity index (χ2n) is 21.0. The molecule has 0 aromatic carbocycles. The fourth-order valence-corrected chi connectivity index (χ4v) is 9.26. The van der Waals surface area contributed by atoms with Crippen molar-refractivity contribution in [3.63, 3.8) is 0 Å². The van der Waals surface area contributed by atoms with Crippen LogP contribution in [0.3, 0.4) is 0 Å². The SMILES string of the molecule is CCCCCCCC/C=C\CCCCCCCCCC(=O)OCC(COC(=O)CCCCCCCCC/C=C\CCCCCCCC)OC(=O)CCCCCCCCCCCCCCCCCCC. The second kappa shape index (κ2) is 58.5. The number of hydrogen-bond donors (Lipinski definition) is 0. The largest absolute Gasteiger partial charge is 0.462 e. The average molecular weight is 972 g/mol. The first-order valence-corrected chi connectivity index (χ1v) is 30.8. The van der Waals surface area contributed by atoms with E-state index in [1.807, 2.05) is 0 Å². The van der Waals surface area contributed by atoms with Gasteiger partial charge in [-0.1, -0.05) is 276 Å². The summed E-state index contributed by atoms with van der Waals surface area (Å²) in [6, 6.07) is 0. The summed E-state index contributed by atoms with van der Waals surface area (Å²) >= 11 is 0. The Balaban J connectivity index is 4.34. The minimum atomic E-state index is -0.771. The van der Waals surface area contributed by atoms with Gasteiger partial charge in [0, 0.05) is 19.3 Å². The normalized spacial score (nSPS) is 11.7. The van der Waals surface area contributed by atoms with Crippen molar-refractivity contribution in [3.8, 4) is 0 Å². The third-order valence-electron chi connectivity index (χ3n) is 13.9. The number of rotatable bonds is 57. The molecule has 0 spiro atoms. The van der Waals surface area contributed by atoms with Crippen molar-refractivity contribution in [3.05, 3.63) is 24.3 Å². The summed E-state index contributed by atoms with van der Waals surface area (Å²) in [7, 11) is 0. The molecular formula is C63H118O6. The van der Waals surface area contributed by atoms with Gasteiger partial charge in [0.2, 0.25) is 0 Å². The lowest BCUT2D eigenvalue weighted by Gasteiger charge is -2.18. The maximum atomic E-state index is 12.9. The fourth-order valence-electron chi connectivity index (χ4n) is 9.26. The standard InChI is InChI=1S/C63H118O6/c1-4-7-10-13-16-19-22-25-28-31-34-37-40-43-46-49-52-55-61(64)67-58-60(69-63(66)57-54-51-48-45-42-39-36-33-30-27-24-21-18-15-12-9-6-3)59-68-62(65)56-53-50-47-44-41-38-35-32-29-26-23-20-17-14-11-8-5-2/h25-26,28-29,60H,4-24,27,30-59H2,1-3H3/b28-25-,29-26-. The van der Waals surface area contributed by atoms with Gasteiger partial charge < -0.3 is 14.2 Å². The Kier molecular flexibility index (Phi) is 56.7. The highest BCUT2D eigenvalue weighted by Gasteiger charge is 2.19. The molecular weight excluding hydrogens is 853 g/mol. The third kappa shape index (κ3) is 56.7. The van der Waals surface area contributed by atoms with Crippen molar-refractivity contribution >= 4 is 17.9 Å². The molecule has 0 atom stereocenters. The van der Waals surface area contributed by atoms with E-state index < -0.39 is 6.10 Å². The van der Waals surface area contributed by atoms with Gasteiger partial charge in [0.1, 0.15) is 13.2 Å². The van der Waals surface area contributed by atoms with Crippen LogP contribution in [0.4, 0.5) is 0 Å². The van der Waals surface area contributed by atoms with Crippen molar-refractivity contribution in [2.24, 2.45) is 0 Å². The number of carbonyl (C=O) groups is 3. The number of hydrogen-bond acceptors (Lipinski definition) is 6. The summed E-state index contributed by atoms with van der Waals surface area (Å²) in [6.07, 6.45) is 68.8. The van der Waals surface area contributed by atoms with Gasteiger partial charge in [0.15, 0.2) is 6.10 Å². The van der Waals surface area contributed by atoms with E-state index in [2.05, 4.69) is 45.1 Å². The second-order valence-corrected chi connectivity index (χ2v) is 21.0. The Morgan fingerprint density at radius 2 is 0.478 bits per heavy atom. The molecule has 0 aliphatic carbocycles. The summed E-state index contributed by atoms with van der Waals surface area (Å²) < 4.78 is 16.9. The topological polar surface area (TPSA) is 78.9 Å². The number of ether oxygens (including phenoxy) is 3. The Morgan fingerprint density at radius 3 is 0.725 bits per heavy atom. The average Bonchev–Trinajstić information content (AvgIpc) is 3.35. The van der Waals surface area contributed by atoms with E-state index in [9.17, 15) is 14.4 Å². The summed E-state index contributed by atoms with van der Waals surface area (Å²) in [6.45, 7) is 6.68. The van der Waals surface area contributed by atoms with Gasteiger partial charge in [-0.3, -0.25) is 14.4 Å². The predicted molar refractivity (Wildman–Crippen MR) is 298 cm³/mol. The molecule has 0 saturated carbocycles. The van der Waals surface area contributed by atoms with Crippen LogP contribution in [0.2, 0.25) is 0 Å². The van der Waals surface area contributed by atoms with E-state index in [1.54, 1.807) is 0 Å². The molecule has 6 nitrogen and oxygen atoms in total. The molecule has 0 fully saturated rings. The van der Waals surface area contributed by atoms with E-state index in [0.717, 1.165) is 57.8 Å². The van der Waals surface area contributed by atoms with Crippen LogP contribution >= 0.6 is 0 Å². The molecule has 0 aromatic heterocycles. The molecule has 0 N–H and O–H groups in total. The molecule has 69 heavy (non-hydrogen) atoms. The van der Waals surface area contributed by atoms with E-state index in [-0.39, 0.29) is 31.1 Å². The monoisotopic (exact) mass is 971 g/mol. The van der Waals surface area contributed by atoms with E-state index in [0.29, 0.717) is 19.3 Å². The summed E-state index contributed by atoms with van der Waals surface area (Å²) in [4.78, 5) is 38.2. The van der Waals surface area contributed by atoms with Gasteiger partial charge in [-0.05, 0) is 70.6 Å². The smallest absolute Gasteiger partial charge is 0.306 e. The summed E-state index contributed by atoms with van der Waals surface area (Å²) in [5.74, 6) is -0.854. The summed E-state index contributed by atoms with van der Waals surface area (Å²) in [5, 5.41) is 0. The van der Waals surface area contributed by atoms with Crippen molar-refractivity contribution < 1.29 is 28.6 Å². The zero-order valence-electron chi connectivity index (χ0n) is 46.6. The predicted octanol–water partition coefficient (Wildman–Crippen LogP) is 20.7. The molecule has 0 radical (unpaired) electrons. The van der Waals surface area contributed by atoms with Crippen LogP contribution in [0.1, 0.15) is 342 Å². The lowest BCUT2D eigenvalue weighted by molar-refractivity contribution is -0.167. The minimum absolute atomic E-state index is 0.0702. The van der Waals surface area contributed by atoms with Crippen LogP contribution in [-0.2, 0) is 28.6 Å². The number of carbonyl (C=O) groups excluding carboxylic acids is 3. The highest BCUT2D eigenvalue weighted by atomic mass is 16.6. The lowest BCUT2D eigenvalue weighted by Crippen LogP contribution is -2.30. The Morgan fingerprint density at radius 1 is 0.275 bits per heavy atom. The van der Waals surface area contributed by atoms with Crippen LogP contribution < -0.4 is 0 Å². The van der Waals surface area contributed by atoms with Gasteiger partial charge in [-0.15, -0.1) is 0 Å². The Bertz CT molecular complexity index is 1050. The first-order valence-electron chi connectivity index (χ1n) is 30.8. The van der Waals surface area contributed by atoms with Crippen molar-refractivity contribution in [1.82, 2.24) is 0 Å². The van der Waals surface area contributed by atoms with Crippen LogP contribution in [-0.4, -0.2) is 37.2 Å². The molecule has 0 unspecified atom stereocenters. The first kappa shape index (κ1) is 66.9. The number of allylic oxidation sites excluding steroid dienone is 4. The highest BCUT2D eigenvalue weighted by Crippen LogP contribution is 2.17. The van der Waals surface area contributed by atoms with Crippen LogP contribution in [0.5, 0.6) is 0 Å². The Labute approximate surface area is 430 Å². The molecule has 0 heterocycles. The number of esters is 3. The van der Waals surface area contributed by atoms with Crippen molar-refractivity contribution in [2.45, 2.75) is 348 Å². The minimum Gasteiger partial charge on any atom is -0.462 e. The molecule has 6 heteroatoms. The highest BCUT2D eigenvalue weighted by molar-refractivity contribution is 5.71. The third-order valence-corrected chi connectivity index (χ3v) is 13.9. The van der Waals surface area contributed by atoms with Crippen molar-refractivity contribution in [1.29, 1.82) is 0 Å². The molecule has 0 rings (SSSR count). The zero-order valence-corrected chi connectivity index (χ0v) is 46.6. The van der Waals surface area contributed by atoms with E-state index in [1.165, 1.54) is 244 Å². The lowest BCUT2D eigenvalue weighted by atomic mass is 10.0. The Hall–Kier alpha value is -2.11. The quantitative estimate of drug-likeness (QED) is 0.0261. The molecule has 0 aromatic rings. The molecule has 0 bridgehead atoms. The van der Waals surface area contributed by atoms with Gasteiger partial charge in [0.05, 0.1) is 0 Å². The van der Waals surface area contributed by atoms with Gasteiger partial charge in [0.25, 0.3) is 0 Å². The fraction of sp³-hybridized carbons (Fsp3) is 0.889. The van der Waals surface area contributed by atoms with Crippen molar-refractivity contribution in [2.75, 3.05) is 13.2 Å². The number of unbranched alkanes of at least 4 members (excludes halogenated alkanes) is 42.